The van der Waals surface area contributed by atoms with Gasteiger partial charge in [0.05, 0.1) is 0 Å². The van der Waals surface area contributed by atoms with E-state index in [-0.39, 0.29) is 11.4 Å². The molecule has 4 nitrogen and oxygen atoms in total. The van der Waals surface area contributed by atoms with Gasteiger partial charge in [0.2, 0.25) is 5.91 Å². The Labute approximate surface area is 111 Å². The summed E-state index contributed by atoms with van der Waals surface area (Å²) >= 11 is 0. The molecule has 18 heavy (non-hydrogen) atoms. The molecule has 0 radical (unpaired) electrons. The fourth-order valence-corrected chi connectivity index (χ4v) is 2.66. The van der Waals surface area contributed by atoms with Crippen molar-refractivity contribution >= 4 is 5.91 Å². The number of ether oxygens (including phenoxy) is 1. The third kappa shape index (κ3) is 5.36. The van der Waals surface area contributed by atoms with Gasteiger partial charge in [-0.3, -0.25) is 4.79 Å². The molecule has 0 aliphatic heterocycles. The number of carbonyl (C=O) groups excluding carboxylic acids is 1. The molecule has 0 bridgehead atoms. The van der Waals surface area contributed by atoms with Gasteiger partial charge in [0.25, 0.3) is 0 Å². The molecule has 1 aliphatic rings. The Bertz CT molecular complexity index is 238. The lowest BCUT2D eigenvalue weighted by Crippen LogP contribution is -2.48. The minimum atomic E-state index is 0.0439. The third-order valence-corrected chi connectivity index (χ3v) is 3.83. The van der Waals surface area contributed by atoms with E-state index in [1.807, 2.05) is 14.0 Å². The van der Waals surface area contributed by atoms with Gasteiger partial charge in [0, 0.05) is 31.7 Å². The molecule has 4 heteroatoms. The van der Waals surface area contributed by atoms with Gasteiger partial charge in [-0.2, -0.15) is 0 Å². The van der Waals surface area contributed by atoms with Crippen LogP contribution in [-0.2, 0) is 9.53 Å². The summed E-state index contributed by atoms with van der Waals surface area (Å²) in [6, 6.07) is 0. The van der Waals surface area contributed by atoms with Gasteiger partial charge in [-0.15, -0.1) is 0 Å². The molecule has 1 amide bonds. The van der Waals surface area contributed by atoms with Crippen molar-refractivity contribution in [1.82, 2.24) is 10.6 Å². The topological polar surface area (TPSA) is 50.4 Å². The van der Waals surface area contributed by atoms with Crippen molar-refractivity contribution in [2.45, 2.75) is 57.4 Å². The second-order valence-electron chi connectivity index (χ2n) is 5.17. The van der Waals surface area contributed by atoms with Gasteiger partial charge in [-0.25, -0.2) is 0 Å². The van der Waals surface area contributed by atoms with E-state index in [0.29, 0.717) is 6.42 Å². The summed E-state index contributed by atoms with van der Waals surface area (Å²) in [6.07, 6.45) is 7.52. The Balaban J connectivity index is 2.20. The van der Waals surface area contributed by atoms with Crippen LogP contribution in [0.15, 0.2) is 0 Å². The molecule has 1 rings (SSSR count). The monoisotopic (exact) mass is 256 g/mol. The van der Waals surface area contributed by atoms with Crippen LogP contribution in [0.2, 0.25) is 0 Å². The Morgan fingerprint density at radius 1 is 1.28 bits per heavy atom. The number of carbonyl (C=O) groups is 1. The van der Waals surface area contributed by atoms with Crippen LogP contribution in [-0.4, -0.2) is 38.3 Å². The van der Waals surface area contributed by atoms with Gasteiger partial charge in [-0.05, 0) is 33.2 Å². The zero-order valence-electron chi connectivity index (χ0n) is 11.9. The molecule has 106 valence electrons. The summed E-state index contributed by atoms with van der Waals surface area (Å²) in [5, 5.41) is 6.36. The van der Waals surface area contributed by atoms with E-state index in [9.17, 15) is 4.79 Å². The van der Waals surface area contributed by atoms with E-state index in [4.69, 9.17) is 4.74 Å². The second kappa shape index (κ2) is 8.48. The number of rotatable bonds is 8. The Hall–Kier alpha value is -0.610. The first-order valence-electron chi connectivity index (χ1n) is 7.26. The highest BCUT2D eigenvalue weighted by Crippen LogP contribution is 2.30. The van der Waals surface area contributed by atoms with Gasteiger partial charge >= 0.3 is 0 Å². The summed E-state index contributed by atoms with van der Waals surface area (Å²) in [5.74, 6) is 0.169. The Morgan fingerprint density at radius 3 is 2.61 bits per heavy atom. The van der Waals surface area contributed by atoms with E-state index in [0.717, 1.165) is 39.0 Å². The maximum absolute atomic E-state index is 11.9. The van der Waals surface area contributed by atoms with Crippen LogP contribution in [0.3, 0.4) is 0 Å². The number of amides is 1. The molecular formula is C14H28N2O2. The lowest BCUT2D eigenvalue weighted by molar-refractivity contribution is -0.122. The average molecular weight is 256 g/mol. The molecule has 1 aliphatic carbocycles. The SMILES string of the molecule is CCOCCCNC(=O)CC1(NC)CCCCC1. The molecular weight excluding hydrogens is 228 g/mol. The maximum Gasteiger partial charge on any atom is 0.221 e. The molecule has 0 unspecified atom stereocenters. The molecule has 1 fully saturated rings. The van der Waals surface area contributed by atoms with Crippen LogP contribution in [0.4, 0.5) is 0 Å². The zero-order chi connectivity index (χ0) is 13.3. The van der Waals surface area contributed by atoms with Crippen molar-refractivity contribution in [3.63, 3.8) is 0 Å². The first-order valence-corrected chi connectivity index (χ1v) is 7.26. The largest absolute Gasteiger partial charge is 0.382 e. The number of nitrogens with one attached hydrogen (secondary N) is 2. The van der Waals surface area contributed by atoms with Crippen molar-refractivity contribution in [1.29, 1.82) is 0 Å². The summed E-state index contributed by atoms with van der Waals surface area (Å²) in [5.41, 5.74) is 0.0439. The first kappa shape index (κ1) is 15.4. The van der Waals surface area contributed by atoms with Crippen molar-refractivity contribution in [2.24, 2.45) is 0 Å². The molecule has 0 atom stereocenters. The molecule has 0 aromatic heterocycles. The van der Waals surface area contributed by atoms with Crippen LogP contribution in [0.25, 0.3) is 0 Å². The standard InChI is InChI=1S/C14H28N2O2/c1-3-18-11-7-10-16-13(17)12-14(15-2)8-5-4-6-9-14/h15H,3-12H2,1-2H3,(H,16,17). The van der Waals surface area contributed by atoms with Crippen molar-refractivity contribution in [3.05, 3.63) is 0 Å². The van der Waals surface area contributed by atoms with E-state index >= 15 is 0 Å². The normalized spacial score (nSPS) is 18.6. The maximum atomic E-state index is 11.9. The van der Waals surface area contributed by atoms with E-state index in [1.165, 1.54) is 19.3 Å². The van der Waals surface area contributed by atoms with Gasteiger partial charge < -0.3 is 15.4 Å². The van der Waals surface area contributed by atoms with Gasteiger partial charge in [0.1, 0.15) is 0 Å². The quantitative estimate of drug-likeness (QED) is 0.652. The van der Waals surface area contributed by atoms with Crippen LogP contribution < -0.4 is 10.6 Å². The second-order valence-corrected chi connectivity index (χ2v) is 5.17. The summed E-state index contributed by atoms with van der Waals surface area (Å²) in [4.78, 5) is 11.9. The van der Waals surface area contributed by atoms with Crippen LogP contribution in [0.5, 0.6) is 0 Å². The predicted octanol–water partition coefficient (Wildman–Crippen LogP) is 1.84. The summed E-state index contributed by atoms with van der Waals surface area (Å²) in [7, 11) is 1.98. The number of hydrogen-bond donors (Lipinski definition) is 2. The van der Waals surface area contributed by atoms with Gasteiger partial charge in [-0.1, -0.05) is 19.3 Å². The fraction of sp³-hybridized carbons (Fsp3) is 0.929. The molecule has 0 aromatic carbocycles. The minimum absolute atomic E-state index is 0.0439. The predicted molar refractivity (Wildman–Crippen MR) is 73.6 cm³/mol. The van der Waals surface area contributed by atoms with E-state index in [2.05, 4.69) is 10.6 Å². The van der Waals surface area contributed by atoms with E-state index < -0.39 is 0 Å². The van der Waals surface area contributed by atoms with Crippen molar-refractivity contribution in [3.8, 4) is 0 Å². The highest BCUT2D eigenvalue weighted by Gasteiger charge is 2.32. The molecule has 0 aromatic rings. The zero-order valence-corrected chi connectivity index (χ0v) is 11.9. The van der Waals surface area contributed by atoms with Crippen molar-refractivity contribution in [2.75, 3.05) is 26.8 Å². The molecule has 0 heterocycles. The average Bonchev–Trinajstić information content (AvgIpc) is 2.39. The summed E-state index contributed by atoms with van der Waals surface area (Å²) < 4.78 is 5.24. The van der Waals surface area contributed by atoms with Gasteiger partial charge in [0.15, 0.2) is 0 Å². The smallest absolute Gasteiger partial charge is 0.221 e. The Kier molecular flexibility index (Phi) is 7.28. The third-order valence-electron chi connectivity index (χ3n) is 3.83. The molecule has 0 spiro atoms. The van der Waals surface area contributed by atoms with Crippen molar-refractivity contribution < 1.29 is 9.53 Å². The van der Waals surface area contributed by atoms with Crippen LogP contribution in [0, 0.1) is 0 Å². The molecule has 0 saturated heterocycles. The lowest BCUT2D eigenvalue weighted by atomic mass is 9.79. The van der Waals surface area contributed by atoms with E-state index in [1.54, 1.807) is 0 Å². The van der Waals surface area contributed by atoms with Crippen LogP contribution >= 0.6 is 0 Å². The molecule has 1 saturated carbocycles. The highest BCUT2D eigenvalue weighted by molar-refractivity contribution is 5.77. The molecule has 2 N–H and O–H groups in total. The number of hydrogen-bond acceptors (Lipinski definition) is 3. The first-order chi connectivity index (χ1) is 8.72. The fourth-order valence-electron chi connectivity index (χ4n) is 2.66. The van der Waals surface area contributed by atoms with Crippen LogP contribution in [0.1, 0.15) is 51.9 Å². The minimum Gasteiger partial charge on any atom is -0.382 e. The highest BCUT2D eigenvalue weighted by atomic mass is 16.5. The lowest BCUT2D eigenvalue weighted by Gasteiger charge is -2.36. The Morgan fingerprint density at radius 2 is 2.00 bits per heavy atom. The summed E-state index contributed by atoms with van der Waals surface area (Å²) in [6.45, 7) is 4.18.